The van der Waals surface area contributed by atoms with Crippen LogP contribution in [0.3, 0.4) is 0 Å². The van der Waals surface area contributed by atoms with Crippen molar-refractivity contribution in [1.29, 1.82) is 0 Å². The zero-order valence-electron chi connectivity index (χ0n) is 15.4. The fraction of sp³-hybridized carbons (Fsp3) is 0.474. The summed E-state index contributed by atoms with van der Waals surface area (Å²) in [5, 5.41) is 4.92. The first-order chi connectivity index (χ1) is 13.3. The standard InChI is InChI=1S/C19H21ClN4O4/c1-2-3-6-24-16(26)14-12(8-13(21)25)23-19(15(14)17(24)27)10-7-9(20)4-5-11(10)22-18(19)28/h4-5,7,12,14-15,23H,2-3,6,8H2,1H3,(H2,21,25)(H,22,28)/p+1/t12-,14+,15-,19+/m0/s1. The number of unbranched alkanes of at least 4 members (excludes halogenated alkanes) is 1. The number of hydrogen-bond acceptors (Lipinski definition) is 4. The first kappa shape index (κ1) is 18.9. The first-order valence-electron chi connectivity index (χ1n) is 9.42. The Morgan fingerprint density at radius 2 is 2.07 bits per heavy atom. The Balaban J connectivity index is 1.85. The quantitative estimate of drug-likeness (QED) is 0.582. The molecule has 0 bridgehead atoms. The molecule has 0 aromatic heterocycles. The lowest BCUT2D eigenvalue weighted by atomic mass is 9.76. The lowest BCUT2D eigenvalue weighted by molar-refractivity contribution is -0.732. The monoisotopic (exact) mass is 405 g/mol. The highest BCUT2D eigenvalue weighted by atomic mass is 35.5. The van der Waals surface area contributed by atoms with Crippen LogP contribution in [0.5, 0.6) is 0 Å². The van der Waals surface area contributed by atoms with Crippen molar-refractivity contribution >= 4 is 40.9 Å². The van der Waals surface area contributed by atoms with E-state index in [2.05, 4.69) is 5.32 Å². The molecule has 0 aliphatic carbocycles. The first-order valence-corrected chi connectivity index (χ1v) is 9.80. The maximum atomic E-state index is 13.3. The second kappa shape index (κ2) is 6.56. The third-order valence-corrected chi connectivity index (χ3v) is 6.33. The van der Waals surface area contributed by atoms with Gasteiger partial charge >= 0.3 is 0 Å². The lowest BCUT2D eigenvalue weighted by Crippen LogP contribution is -2.99. The van der Waals surface area contributed by atoms with Gasteiger partial charge in [-0.2, -0.15) is 0 Å². The summed E-state index contributed by atoms with van der Waals surface area (Å²) in [5.41, 5.74) is 5.22. The summed E-state index contributed by atoms with van der Waals surface area (Å²) in [6, 6.07) is 4.41. The molecule has 1 spiro atoms. The maximum Gasteiger partial charge on any atom is 0.291 e. The minimum absolute atomic E-state index is 0.0905. The third kappa shape index (κ3) is 2.48. The SMILES string of the molecule is CCCCN1C(=O)[C@@H]2[C@H](CC(N)=O)[NH2+][C@@]3(C(=O)Nc4ccc(Cl)cc43)[C@@H]2C1=O. The fourth-order valence-electron chi connectivity index (χ4n) is 4.95. The number of primary amides is 1. The summed E-state index contributed by atoms with van der Waals surface area (Å²) in [6.45, 7) is 2.28. The van der Waals surface area contributed by atoms with Crippen LogP contribution >= 0.6 is 11.6 Å². The van der Waals surface area contributed by atoms with E-state index in [1.54, 1.807) is 23.5 Å². The van der Waals surface area contributed by atoms with Crippen molar-refractivity contribution in [2.45, 2.75) is 37.8 Å². The number of rotatable bonds is 5. The van der Waals surface area contributed by atoms with Gasteiger partial charge in [-0.1, -0.05) is 24.9 Å². The molecule has 0 unspecified atom stereocenters. The molecule has 9 heteroatoms. The largest absolute Gasteiger partial charge is 0.369 e. The minimum Gasteiger partial charge on any atom is -0.369 e. The summed E-state index contributed by atoms with van der Waals surface area (Å²) in [4.78, 5) is 52.4. The number of nitrogens with one attached hydrogen (secondary N) is 1. The summed E-state index contributed by atoms with van der Waals surface area (Å²) in [5.74, 6) is -3.30. The molecule has 2 fully saturated rings. The number of benzene rings is 1. The topological polar surface area (TPSA) is 126 Å². The van der Waals surface area contributed by atoms with Gasteiger partial charge in [0, 0.05) is 17.1 Å². The Bertz CT molecular complexity index is 904. The number of quaternary nitrogens is 1. The number of likely N-dealkylation sites (tertiary alicyclic amines) is 1. The molecule has 4 atom stereocenters. The molecule has 28 heavy (non-hydrogen) atoms. The van der Waals surface area contributed by atoms with Crippen molar-refractivity contribution in [3.05, 3.63) is 28.8 Å². The fourth-order valence-corrected chi connectivity index (χ4v) is 5.12. The van der Waals surface area contributed by atoms with Gasteiger partial charge in [0.2, 0.25) is 23.3 Å². The number of amides is 4. The molecule has 0 saturated carbocycles. The molecule has 4 rings (SSSR count). The molecule has 3 heterocycles. The van der Waals surface area contributed by atoms with E-state index >= 15 is 0 Å². The second-order valence-electron chi connectivity index (χ2n) is 7.70. The van der Waals surface area contributed by atoms with Crippen LogP contribution in [0.1, 0.15) is 31.7 Å². The molecule has 1 aromatic carbocycles. The molecule has 8 nitrogen and oxygen atoms in total. The van der Waals surface area contributed by atoms with E-state index < -0.39 is 29.3 Å². The van der Waals surface area contributed by atoms with E-state index in [4.69, 9.17) is 17.3 Å². The molecule has 0 radical (unpaired) electrons. The highest BCUT2D eigenvalue weighted by Crippen LogP contribution is 2.49. The number of nitrogens with zero attached hydrogens (tertiary/aromatic N) is 1. The number of carbonyl (C=O) groups is 4. The van der Waals surface area contributed by atoms with Crippen LogP contribution in [0.4, 0.5) is 5.69 Å². The summed E-state index contributed by atoms with van der Waals surface area (Å²) < 4.78 is 0. The average molecular weight is 406 g/mol. The average Bonchev–Trinajstić information content (AvgIpc) is 3.19. The Morgan fingerprint density at radius 3 is 2.75 bits per heavy atom. The number of nitrogens with two attached hydrogens (primary N) is 2. The molecular formula is C19H22ClN4O4+. The molecule has 4 amide bonds. The number of imide groups is 1. The molecule has 3 aliphatic rings. The van der Waals surface area contributed by atoms with Gasteiger partial charge in [-0.25, -0.2) is 0 Å². The highest BCUT2D eigenvalue weighted by Gasteiger charge is 2.74. The van der Waals surface area contributed by atoms with Crippen molar-refractivity contribution in [2.75, 3.05) is 11.9 Å². The van der Waals surface area contributed by atoms with E-state index in [0.717, 1.165) is 6.42 Å². The molecule has 3 aliphatic heterocycles. The van der Waals surface area contributed by atoms with E-state index in [0.29, 0.717) is 29.2 Å². The third-order valence-electron chi connectivity index (χ3n) is 6.09. The van der Waals surface area contributed by atoms with Gasteiger partial charge in [-0.05, 0) is 24.6 Å². The Hall–Kier alpha value is -2.45. The van der Waals surface area contributed by atoms with E-state index in [-0.39, 0.29) is 24.1 Å². The second-order valence-corrected chi connectivity index (χ2v) is 8.14. The molecule has 148 valence electrons. The number of carbonyl (C=O) groups excluding carboxylic acids is 4. The minimum atomic E-state index is -1.32. The van der Waals surface area contributed by atoms with Crippen molar-refractivity contribution in [1.82, 2.24) is 4.90 Å². The molecule has 5 N–H and O–H groups in total. The van der Waals surface area contributed by atoms with E-state index in [1.165, 1.54) is 4.90 Å². The van der Waals surface area contributed by atoms with Crippen LogP contribution in [-0.4, -0.2) is 41.1 Å². The number of fused-ring (bicyclic) bond motifs is 4. The predicted octanol–water partition coefficient (Wildman–Crippen LogP) is -0.290. The summed E-state index contributed by atoms with van der Waals surface area (Å²) in [6.07, 6.45) is 1.42. The molecular weight excluding hydrogens is 384 g/mol. The van der Waals surface area contributed by atoms with Gasteiger partial charge in [0.25, 0.3) is 5.91 Å². The van der Waals surface area contributed by atoms with E-state index in [9.17, 15) is 19.2 Å². The van der Waals surface area contributed by atoms with Crippen LogP contribution in [-0.2, 0) is 24.7 Å². The van der Waals surface area contributed by atoms with Crippen molar-refractivity contribution in [3.8, 4) is 0 Å². The zero-order valence-corrected chi connectivity index (χ0v) is 16.2. The number of anilines is 1. The summed E-state index contributed by atoms with van der Waals surface area (Å²) >= 11 is 6.17. The van der Waals surface area contributed by atoms with Crippen LogP contribution < -0.4 is 16.4 Å². The van der Waals surface area contributed by atoms with Crippen molar-refractivity contribution in [2.24, 2.45) is 17.6 Å². The van der Waals surface area contributed by atoms with Crippen molar-refractivity contribution in [3.63, 3.8) is 0 Å². The van der Waals surface area contributed by atoms with Crippen LogP contribution in [0.25, 0.3) is 0 Å². The lowest BCUT2D eigenvalue weighted by Gasteiger charge is -2.26. The number of halogens is 1. The Morgan fingerprint density at radius 1 is 1.32 bits per heavy atom. The summed E-state index contributed by atoms with van der Waals surface area (Å²) in [7, 11) is 0. The predicted molar refractivity (Wildman–Crippen MR) is 99.9 cm³/mol. The van der Waals surface area contributed by atoms with Crippen molar-refractivity contribution < 1.29 is 24.5 Å². The Kier molecular flexibility index (Phi) is 4.43. The van der Waals surface area contributed by atoms with Crippen LogP contribution in [0.2, 0.25) is 5.02 Å². The van der Waals surface area contributed by atoms with Gasteiger partial charge in [-0.15, -0.1) is 0 Å². The smallest absolute Gasteiger partial charge is 0.291 e. The zero-order chi connectivity index (χ0) is 20.2. The van der Waals surface area contributed by atoms with Gasteiger partial charge in [0.1, 0.15) is 17.9 Å². The van der Waals surface area contributed by atoms with Gasteiger partial charge in [0.15, 0.2) is 0 Å². The normalized spacial score (nSPS) is 30.7. The number of hydrogen-bond donors (Lipinski definition) is 3. The van der Waals surface area contributed by atoms with Gasteiger partial charge in [0.05, 0.1) is 12.1 Å². The Labute approximate surface area is 166 Å². The van der Waals surface area contributed by atoms with Crippen LogP contribution in [0.15, 0.2) is 18.2 Å². The molecule has 1 aromatic rings. The maximum absolute atomic E-state index is 13.3. The van der Waals surface area contributed by atoms with Gasteiger partial charge < -0.3 is 16.4 Å². The highest BCUT2D eigenvalue weighted by molar-refractivity contribution is 6.31. The van der Waals surface area contributed by atoms with E-state index in [1.807, 2.05) is 6.92 Å². The van der Waals surface area contributed by atoms with Gasteiger partial charge in [-0.3, -0.25) is 24.1 Å². The molecule has 2 saturated heterocycles. The van der Waals surface area contributed by atoms with Crippen LogP contribution in [0, 0.1) is 11.8 Å².